The minimum Gasteiger partial charge on any atom is -0.475 e. The number of benzene rings is 9. The van der Waals surface area contributed by atoms with Gasteiger partial charge in [0.2, 0.25) is 0 Å². The third kappa shape index (κ3) is 11.6. The Labute approximate surface area is 430 Å². The molecule has 0 N–H and O–H groups in total. The molecule has 0 fully saturated rings. The van der Waals surface area contributed by atoms with Crippen molar-refractivity contribution < 1.29 is 27.9 Å². The molecule has 0 saturated heterocycles. The number of ether oxygens (including phenoxy) is 3. The predicted octanol–water partition coefficient (Wildman–Crippen LogP) is 13.1. The SMILES string of the molecule is CC(Oc1ccccc1CP(=O)(c1ccccc1)c1ccccc1)N(C(C)Oc1ccccc1CP(=O)(c1ccccc1)c1ccccc1)C(C)Oc1ccccc1CP(=O)(c1ccccc1)c1ccccc1. The minimum absolute atomic E-state index is 0.231. The molecule has 3 unspecified atom stereocenters. The molecule has 0 heterocycles. The maximum absolute atomic E-state index is 15.5. The van der Waals surface area contributed by atoms with Crippen LogP contribution in [0.4, 0.5) is 0 Å². The van der Waals surface area contributed by atoms with Crippen molar-refractivity contribution in [3.8, 4) is 17.2 Å². The minimum atomic E-state index is -3.19. The Morgan fingerprint density at radius 2 is 0.466 bits per heavy atom. The third-order valence-corrected chi connectivity index (χ3v) is 22.4. The quantitative estimate of drug-likeness (QED) is 0.0524. The fraction of sp³-hybridized carbons (Fsp3) is 0.143. The van der Waals surface area contributed by atoms with Gasteiger partial charge in [0.05, 0.1) is 0 Å². The van der Waals surface area contributed by atoms with Gasteiger partial charge in [-0.25, -0.2) is 0 Å². The van der Waals surface area contributed by atoms with Crippen molar-refractivity contribution in [2.24, 2.45) is 0 Å². The number of para-hydroxylation sites is 3. The zero-order chi connectivity index (χ0) is 50.7. The van der Waals surface area contributed by atoms with E-state index in [4.69, 9.17) is 14.2 Å². The first-order valence-corrected chi connectivity index (χ1v) is 30.3. The first-order valence-electron chi connectivity index (χ1n) is 24.7. The third-order valence-electron chi connectivity index (χ3n) is 13.3. The highest BCUT2D eigenvalue weighted by Crippen LogP contribution is 2.51. The van der Waals surface area contributed by atoms with Gasteiger partial charge in [-0.2, -0.15) is 4.90 Å². The van der Waals surface area contributed by atoms with E-state index in [-0.39, 0.29) is 18.5 Å². The summed E-state index contributed by atoms with van der Waals surface area (Å²) in [5.41, 5.74) is 2.37. The number of rotatable bonds is 21. The van der Waals surface area contributed by atoms with Crippen LogP contribution in [-0.4, -0.2) is 23.6 Å². The Bertz CT molecular complexity index is 2860. The van der Waals surface area contributed by atoms with E-state index in [1.54, 1.807) is 0 Å². The van der Waals surface area contributed by atoms with Gasteiger partial charge >= 0.3 is 0 Å². The molecule has 73 heavy (non-hydrogen) atoms. The summed E-state index contributed by atoms with van der Waals surface area (Å²) in [6.45, 7) is 5.88. The molecule has 0 spiro atoms. The van der Waals surface area contributed by atoms with Gasteiger partial charge in [0, 0.05) is 67.0 Å². The molecular formula is C63H60NO6P3. The van der Waals surface area contributed by atoms with E-state index in [9.17, 15) is 0 Å². The average Bonchev–Trinajstić information content (AvgIpc) is 3.44. The molecule has 3 atom stereocenters. The number of hydrogen-bond acceptors (Lipinski definition) is 7. The largest absolute Gasteiger partial charge is 0.475 e. The lowest BCUT2D eigenvalue weighted by atomic mass is 10.2. The monoisotopic (exact) mass is 1020 g/mol. The molecule has 0 saturated carbocycles. The van der Waals surface area contributed by atoms with Crippen LogP contribution in [0.5, 0.6) is 17.2 Å². The van der Waals surface area contributed by atoms with Crippen molar-refractivity contribution >= 4 is 53.3 Å². The topological polar surface area (TPSA) is 82.1 Å². The average molecular weight is 1020 g/mol. The molecule has 9 aromatic carbocycles. The van der Waals surface area contributed by atoms with E-state index in [1.807, 2.05) is 280 Å². The molecule has 7 nitrogen and oxygen atoms in total. The van der Waals surface area contributed by atoms with Crippen molar-refractivity contribution in [2.45, 2.75) is 57.9 Å². The molecule has 0 aromatic heterocycles. The predicted molar refractivity (Wildman–Crippen MR) is 302 cm³/mol. The Morgan fingerprint density at radius 1 is 0.288 bits per heavy atom. The van der Waals surface area contributed by atoms with Crippen LogP contribution in [0.3, 0.4) is 0 Å². The maximum Gasteiger partial charge on any atom is 0.155 e. The molecule has 0 radical (unpaired) electrons. The van der Waals surface area contributed by atoms with Crippen molar-refractivity contribution in [3.63, 3.8) is 0 Å². The Morgan fingerprint density at radius 3 is 0.671 bits per heavy atom. The van der Waals surface area contributed by atoms with Crippen LogP contribution in [-0.2, 0) is 32.2 Å². The Hall–Kier alpha value is -6.97. The van der Waals surface area contributed by atoms with Crippen LogP contribution in [0.1, 0.15) is 37.5 Å². The normalized spacial score (nSPS) is 13.2. The van der Waals surface area contributed by atoms with Gasteiger partial charge in [-0.15, -0.1) is 0 Å². The first-order chi connectivity index (χ1) is 35.5. The summed E-state index contributed by atoms with van der Waals surface area (Å²) in [7, 11) is -9.58. The van der Waals surface area contributed by atoms with Gasteiger partial charge in [0.1, 0.15) is 38.7 Å². The van der Waals surface area contributed by atoms with E-state index in [1.165, 1.54) is 0 Å². The second-order valence-electron chi connectivity index (χ2n) is 18.1. The highest BCUT2D eigenvalue weighted by atomic mass is 31.2. The molecule has 0 aliphatic rings. The molecule has 368 valence electrons. The van der Waals surface area contributed by atoms with E-state index >= 15 is 13.7 Å². The molecular weight excluding hydrogens is 960 g/mol. The second-order valence-corrected chi connectivity index (χ2v) is 26.6. The van der Waals surface area contributed by atoms with Gasteiger partial charge in [0.25, 0.3) is 0 Å². The molecule has 9 aromatic rings. The summed E-state index contributed by atoms with van der Waals surface area (Å²) in [6, 6.07) is 81.3. The zero-order valence-electron chi connectivity index (χ0n) is 41.3. The van der Waals surface area contributed by atoms with Crippen molar-refractivity contribution in [1.82, 2.24) is 4.90 Å². The van der Waals surface area contributed by atoms with Crippen molar-refractivity contribution in [2.75, 3.05) is 0 Å². The fourth-order valence-electron chi connectivity index (χ4n) is 9.60. The highest BCUT2D eigenvalue weighted by Gasteiger charge is 2.35. The molecule has 10 heteroatoms. The zero-order valence-corrected chi connectivity index (χ0v) is 44.0. The van der Waals surface area contributed by atoms with Gasteiger partial charge in [-0.05, 0) is 39.0 Å². The molecule has 0 bridgehead atoms. The summed E-state index contributed by atoms with van der Waals surface area (Å²) >= 11 is 0. The maximum atomic E-state index is 15.5. The van der Waals surface area contributed by atoms with Crippen LogP contribution < -0.4 is 46.0 Å². The fourth-order valence-corrected chi connectivity index (χ4v) is 17.7. The number of nitrogens with zero attached hydrogens (tertiary/aromatic N) is 1. The van der Waals surface area contributed by atoms with Crippen LogP contribution in [0.15, 0.2) is 255 Å². The van der Waals surface area contributed by atoms with E-state index in [0.29, 0.717) is 17.2 Å². The molecule has 0 amide bonds. The summed E-state index contributed by atoms with van der Waals surface area (Å²) in [5.74, 6) is 1.72. The number of hydrogen-bond donors (Lipinski definition) is 0. The first kappa shape index (κ1) is 51.0. The van der Waals surface area contributed by atoms with Crippen LogP contribution in [0, 0.1) is 0 Å². The van der Waals surface area contributed by atoms with E-state index < -0.39 is 40.1 Å². The standard InChI is InChI=1S/C63H60NO6P3/c1-49(68-61-43-25-22-28-52(61)46-71(65,55-31-10-4-11-32-55)56-33-12-5-13-34-56)64(50(2)69-62-44-26-23-29-53(62)47-72(66,57-35-14-6-15-36-57)58-37-16-7-17-38-58)51(3)70-63-45-27-24-30-54(63)48-73(67,59-39-18-8-19-40-59)60-41-20-9-21-42-60/h4-45,49-51H,46-48H2,1-3H3. The van der Waals surface area contributed by atoms with Gasteiger partial charge in [-0.3, -0.25) is 0 Å². The van der Waals surface area contributed by atoms with Crippen molar-refractivity contribution in [3.05, 3.63) is 271 Å². The van der Waals surface area contributed by atoms with Crippen molar-refractivity contribution in [1.29, 1.82) is 0 Å². The summed E-state index contributed by atoms with van der Waals surface area (Å²) in [4.78, 5) is 2.01. The lowest BCUT2D eigenvalue weighted by molar-refractivity contribution is -0.133. The lowest BCUT2D eigenvalue weighted by Crippen LogP contribution is -2.53. The van der Waals surface area contributed by atoms with Crippen LogP contribution >= 0.6 is 21.4 Å². The van der Waals surface area contributed by atoms with E-state index in [2.05, 4.69) is 0 Å². The van der Waals surface area contributed by atoms with Gasteiger partial charge in [-0.1, -0.05) is 237 Å². The van der Waals surface area contributed by atoms with E-state index in [0.717, 1.165) is 48.5 Å². The van der Waals surface area contributed by atoms with Crippen LogP contribution in [0.25, 0.3) is 0 Å². The highest BCUT2D eigenvalue weighted by molar-refractivity contribution is 7.78. The molecule has 9 rings (SSSR count). The van der Waals surface area contributed by atoms with Gasteiger partial charge in [0.15, 0.2) is 18.7 Å². The Kier molecular flexibility index (Phi) is 16.2. The second kappa shape index (κ2) is 23.3. The lowest BCUT2D eigenvalue weighted by Gasteiger charge is -2.39. The molecule has 0 aliphatic heterocycles. The summed E-state index contributed by atoms with van der Waals surface area (Å²) in [5, 5.41) is 4.58. The van der Waals surface area contributed by atoms with Crippen LogP contribution in [0.2, 0.25) is 0 Å². The molecule has 0 aliphatic carbocycles. The summed E-state index contributed by atoms with van der Waals surface area (Å²) < 4.78 is 67.5. The summed E-state index contributed by atoms with van der Waals surface area (Å²) in [6.07, 6.45) is -1.40. The van der Waals surface area contributed by atoms with Gasteiger partial charge < -0.3 is 27.9 Å². The smallest absolute Gasteiger partial charge is 0.155 e. The Balaban J connectivity index is 1.07.